The molecule has 0 amide bonds. The van der Waals surface area contributed by atoms with Gasteiger partial charge in [0.25, 0.3) is 0 Å². The Balaban J connectivity index is 2.01. The van der Waals surface area contributed by atoms with E-state index in [9.17, 15) is 0 Å². The van der Waals surface area contributed by atoms with Crippen LogP contribution in [0.1, 0.15) is 18.3 Å². The SMILES string of the molecule is CCc1cc(COc2cnn(C)c2)n(C)n1. The average Bonchev–Trinajstić information content (AvgIpc) is 2.82. The lowest BCUT2D eigenvalue weighted by Crippen LogP contribution is -2.02. The molecule has 2 aromatic rings. The third-order valence-electron chi connectivity index (χ3n) is 2.46. The van der Waals surface area contributed by atoms with E-state index in [1.807, 2.05) is 25.0 Å². The largest absolute Gasteiger partial charge is 0.484 e. The molecule has 0 aliphatic carbocycles. The fourth-order valence-corrected chi connectivity index (χ4v) is 1.51. The second-order valence-corrected chi connectivity index (χ2v) is 3.74. The summed E-state index contributed by atoms with van der Waals surface area (Å²) in [5.74, 6) is 0.779. The zero-order chi connectivity index (χ0) is 11.5. The van der Waals surface area contributed by atoms with Crippen molar-refractivity contribution in [2.24, 2.45) is 14.1 Å². The van der Waals surface area contributed by atoms with E-state index < -0.39 is 0 Å². The summed E-state index contributed by atoms with van der Waals surface area (Å²) in [4.78, 5) is 0. The number of nitrogens with zero attached hydrogens (tertiary/aromatic N) is 4. The number of aryl methyl sites for hydroxylation is 3. The van der Waals surface area contributed by atoms with Crippen molar-refractivity contribution < 1.29 is 4.74 Å². The van der Waals surface area contributed by atoms with Crippen molar-refractivity contribution in [3.8, 4) is 5.75 Å². The lowest BCUT2D eigenvalue weighted by atomic mass is 10.3. The number of aromatic nitrogens is 4. The summed E-state index contributed by atoms with van der Waals surface area (Å²) >= 11 is 0. The van der Waals surface area contributed by atoms with Crippen LogP contribution in [0, 0.1) is 0 Å². The third kappa shape index (κ3) is 2.24. The van der Waals surface area contributed by atoms with Crippen LogP contribution in [0.4, 0.5) is 0 Å². The van der Waals surface area contributed by atoms with Crippen LogP contribution < -0.4 is 4.74 Å². The highest BCUT2D eigenvalue weighted by atomic mass is 16.5. The molecule has 16 heavy (non-hydrogen) atoms. The van der Waals surface area contributed by atoms with Crippen molar-refractivity contribution >= 4 is 0 Å². The van der Waals surface area contributed by atoms with Crippen molar-refractivity contribution in [1.29, 1.82) is 0 Å². The minimum Gasteiger partial charge on any atom is -0.484 e. The van der Waals surface area contributed by atoms with Gasteiger partial charge in [0.1, 0.15) is 6.61 Å². The highest BCUT2D eigenvalue weighted by Gasteiger charge is 2.05. The van der Waals surface area contributed by atoms with E-state index in [0.717, 1.165) is 23.6 Å². The minimum absolute atomic E-state index is 0.523. The Hall–Kier alpha value is -1.78. The molecule has 0 aromatic carbocycles. The summed E-state index contributed by atoms with van der Waals surface area (Å²) < 4.78 is 9.18. The normalized spacial score (nSPS) is 10.7. The van der Waals surface area contributed by atoms with E-state index in [0.29, 0.717) is 6.61 Å². The second-order valence-electron chi connectivity index (χ2n) is 3.74. The smallest absolute Gasteiger partial charge is 0.157 e. The molecule has 86 valence electrons. The molecule has 2 heterocycles. The number of ether oxygens (including phenoxy) is 1. The molecule has 0 saturated heterocycles. The first-order valence-corrected chi connectivity index (χ1v) is 5.32. The lowest BCUT2D eigenvalue weighted by Gasteiger charge is -2.02. The molecule has 0 radical (unpaired) electrons. The van der Waals surface area contributed by atoms with Crippen molar-refractivity contribution in [3.63, 3.8) is 0 Å². The quantitative estimate of drug-likeness (QED) is 0.780. The predicted octanol–water partition coefficient (Wildman–Crippen LogP) is 1.29. The van der Waals surface area contributed by atoms with Gasteiger partial charge < -0.3 is 4.74 Å². The van der Waals surface area contributed by atoms with Gasteiger partial charge in [0, 0.05) is 14.1 Å². The highest BCUT2D eigenvalue weighted by molar-refractivity contribution is 5.14. The Bertz CT molecular complexity index is 472. The van der Waals surface area contributed by atoms with E-state index in [1.165, 1.54) is 0 Å². The summed E-state index contributed by atoms with van der Waals surface area (Å²) in [6.45, 7) is 2.61. The molecular formula is C11H16N4O. The first-order chi connectivity index (χ1) is 7.69. The standard InChI is InChI=1S/C11H16N4O/c1-4-9-5-10(15(3)13-9)8-16-11-6-12-14(2)7-11/h5-7H,4,8H2,1-3H3. The highest BCUT2D eigenvalue weighted by Crippen LogP contribution is 2.11. The van der Waals surface area contributed by atoms with Crippen molar-refractivity contribution in [2.75, 3.05) is 0 Å². The maximum absolute atomic E-state index is 5.61. The van der Waals surface area contributed by atoms with Crippen molar-refractivity contribution in [1.82, 2.24) is 19.6 Å². The summed E-state index contributed by atoms with van der Waals surface area (Å²) in [6.07, 6.45) is 4.49. The van der Waals surface area contributed by atoms with Gasteiger partial charge in [-0.25, -0.2) is 0 Å². The van der Waals surface area contributed by atoms with E-state index in [2.05, 4.69) is 23.2 Å². The van der Waals surface area contributed by atoms with Crippen molar-refractivity contribution in [3.05, 3.63) is 29.8 Å². The van der Waals surface area contributed by atoms with Gasteiger partial charge in [-0.1, -0.05) is 6.92 Å². The van der Waals surface area contributed by atoms with Crippen LogP contribution in [0.25, 0.3) is 0 Å². The van der Waals surface area contributed by atoms with Crippen LogP contribution in [-0.2, 0) is 27.1 Å². The fourth-order valence-electron chi connectivity index (χ4n) is 1.51. The second kappa shape index (κ2) is 4.38. The molecule has 2 rings (SSSR count). The van der Waals surface area contributed by atoms with Gasteiger partial charge in [0.2, 0.25) is 0 Å². The van der Waals surface area contributed by atoms with Gasteiger partial charge in [-0.05, 0) is 12.5 Å². The van der Waals surface area contributed by atoms with Gasteiger partial charge in [0.15, 0.2) is 5.75 Å². The number of hydrogen-bond acceptors (Lipinski definition) is 3. The van der Waals surface area contributed by atoms with Gasteiger partial charge in [-0.15, -0.1) is 0 Å². The predicted molar refractivity (Wildman–Crippen MR) is 60.1 cm³/mol. The molecule has 0 saturated carbocycles. The Kier molecular flexibility index (Phi) is 2.94. The summed E-state index contributed by atoms with van der Waals surface area (Å²) in [7, 11) is 3.80. The van der Waals surface area contributed by atoms with Crippen LogP contribution in [0.2, 0.25) is 0 Å². The Morgan fingerprint density at radius 1 is 1.38 bits per heavy atom. The first kappa shape index (κ1) is 10.7. The first-order valence-electron chi connectivity index (χ1n) is 5.32. The van der Waals surface area contributed by atoms with Crippen LogP contribution in [0.5, 0.6) is 5.75 Å². The fraction of sp³-hybridized carbons (Fsp3) is 0.455. The van der Waals surface area contributed by atoms with Gasteiger partial charge in [-0.3, -0.25) is 9.36 Å². The van der Waals surface area contributed by atoms with Gasteiger partial charge in [-0.2, -0.15) is 10.2 Å². The molecule has 0 atom stereocenters. The van der Waals surface area contributed by atoms with Gasteiger partial charge in [0.05, 0.1) is 23.8 Å². The van der Waals surface area contributed by atoms with Crippen LogP contribution in [0.15, 0.2) is 18.5 Å². The summed E-state index contributed by atoms with van der Waals surface area (Å²) in [5, 5.41) is 8.40. The van der Waals surface area contributed by atoms with E-state index in [4.69, 9.17) is 4.74 Å². The molecular weight excluding hydrogens is 204 g/mol. The molecule has 5 nitrogen and oxygen atoms in total. The molecule has 0 spiro atoms. The van der Waals surface area contributed by atoms with Crippen LogP contribution >= 0.6 is 0 Å². The molecule has 0 fully saturated rings. The molecule has 5 heteroatoms. The molecule has 0 aliphatic heterocycles. The monoisotopic (exact) mass is 220 g/mol. The molecule has 0 unspecified atom stereocenters. The minimum atomic E-state index is 0.523. The Morgan fingerprint density at radius 3 is 2.75 bits per heavy atom. The Labute approximate surface area is 94.6 Å². The average molecular weight is 220 g/mol. The zero-order valence-electron chi connectivity index (χ0n) is 9.84. The van der Waals surface area contributed by atoms with Crippen LogP contribution in [-0.4, -0.2) is 19.6 Å². The maximum atomic E-state index is 5.61. The number of rotatable bonds is 4. The maximum Gasteiger partial charge on any atom is 0.157 e. The zero-order valence-corrected chi connectivity index (χ0v) is 9.84. The van der Waals surface area contributed by atoms with Gasteiger partial charge >= 0.3 is 0 Å². The third-order valence-corrected chi connectivity index (χ3v) is 2.46. The Morgan fingerprint density at radius 2 is 2.19 bits per heavy atom. The molecule has 0 aliphatic rings. The molecule has 0 bridgehead atoms. The molecule has 0 N–H and O–H groups in total. The summed E-state index contributed by atoms with van der Waals surface area (Å²) in [5.41, 5.74) is 2.16. The van der Waals surface area contributed by atoms with Crippen molar-refractivity contribution in [2.45, 2.75) is 20.0 Å². The summed E-state index contributed by atoms with van der Waals surface area (Å²) in [6, 6.07) is 2.07. The number of hydrogen-bond donors (Lipinski definition) is 0. The molecule has 2 aromatic heterocycles. The van der Waals surface area contributed by atoms with Crippen LogP contribution in [0.3, 0.4) is 0 Å². The topological polar surface area (TPSA) is 44.9 Å². The van der Waals surface area contributed by atoms with E-state index in [1.54, 1.807) is 10.9 Å². The van der Waals surface area contributed by atoms with E-state index >= 15 is 0 Å². The van der Waals surface area contributed by atoms with E-state index in [-0.39, 0.29) is 0 Å². The lowest BCUT2D eigenvalue weighted by molar-refractivity contribution is 0.294.